The lowest BCUT2D eigenvalue weighted by Gasteiger charge is -2.55. The van der Waals surface area contributed by atoms with Gasteiger partial charge in [0.25, 0.3) is 6.10 Å². The number of esters is 1. The summed E-state index contributed by atoms with van der Waals surface area (Å²) >= 11 is 0. The Hall–Kier alpha value is -1.77. The summed E-state index contributed by atoms with van der Waals surface area (Å²) in [7, 11) is -6.54. The number of hydrogen-bond donors (Lipinski definition) is 0. The van der Waals surface area contributed by atoms with Crippen LogP contribution in [0, 0.1) is 23.2 Å². The molecule has 0 spiro atoms. The van der Waals surface area contributed by atoms with Crippen LogP contribution in [0.15, 0.2) is 24.3 Å². The number of Topliss-reactive ketones (excluding diaryl/α,β-unsaturated/α-hetero) is 1. The molecule has 5 saturated carbocycles. The topological polar surface area (TPSA) is 110 Å². The first kappa shape index (κ1) is 37.5. The van der Waals surface area contributed by atoms with Crippen molar-refractivity contribution < 1.29 is 54.0 Å². The number of hydrogen-bond acceptors (Lipinski definition) is 7. The molecule has 4 bridgehead atoms. The molecule has 14 heteroatoms. The molecule has 1 aromatic carbocycles. The maximum atomic E-state index is 13.5. The molecule has 7 nitrogen and oxygen atoms in total. The van der Waals surface area contributed by atoms with Gasteiger partial charge in [-0.05, 0) is 94.4 Å². The molecule has 1 unspecified atom stereocenters. The standard InChI is InChI=1S/C20H29O2S.C14H17F5O5S/c1-20(2,23-14-12-22-13-15-23)19(21)18-10-8-17(9-11-18)16-6-4-3-5-7-16;15-13(16,17)10(14(18,19)25(21,22)23)24-11(20)12-4-7-1-8(5-12)3-9(2-7)6-12/h8-11,16H,3-7,12-15H2,1-2H3;7-10H,1-6H2,(H,21,22,23)/q+1;/p-1. The molecule has 6 aliphatic rings. The molecule has 1 aliphatic heterocycles. The van der Waals surface area contributed by atoms with Gasteiger partial charge in [0.15, 0.2) is 14.9 Å². The first-order valence-corrected chi connectivity index (χ1v) is 19.8. The van der Waals surface area contributed by atoms with E-state index in [4.69, 9.17) is 4.74 Å². The van der Waals surface area contributed by atoms with Gasteiger partial charge >= 0.3 is 17.4 Å². The van der Waals surface area contributed by atoms with Gasteiger partial charge in [0, 0.05) is 16.5 Å². The number of rotatable bonds is 8. The SMILES string of the molecule is CC(C)(C(=O)c1ccc(C2CCCCC2)cc1)[S+]1CCOCC1.O=C(OC(C(F)(F)F)C(F)(F)S(=O)(=O)[O-])C12CC3CC(CC(C3)C1)C2. The third-order valence-electron chi connectivity index (χ3n) is 11.1. The minimum absolute atomic E-state index is 0.130. The summed E-state index contributed by atoms with van der Waals surface area (Å²) in [6.45, 7) is 5.86. The van der Waals surface area contributed by atoms with Crippen molar-refractivity contribution in [3.63, 3.8) is 0 Å². The van der Waals surface area contributed by atoms with Gasteiger partial charge in [-0.25, -0.2) is 8.42 Å². The second kappa shape index (κ2) is 14.1. The highest BCUT2D eigenvalue weighted by Gasteiger charge is 2.65. The molecule has 270 valence electrons. The summed E-state index contributed by atoms with van der Waals surface area (Å²) in [6, 6.07) is 8.54. The second-order valence-electron chi connectivity index (χ2n) is 14.9. The van der Waals surface area contributed by atoms with Crippen LogP contribution in [0.4, 0.5) is 22.0 Å². The van der Waals surface area contributed by atoms with Crippen molar-refractivity contribution in [2.24, 2.45) is 23.2 Å². The van der Waals surface area contributed by atoms with Crippen molar-refractivity contribution in [3.05, 3.63) is 35.4 Å². The second-order valence-corrected chi connectivity index (χ2v) is 19.1. The number of alkyl halides is 5. The molecule has 0 N–H and O–H groups in total. The zero-order chi connectivity index (χ0) is 35.1. The molecule has 48 heavy (non-hydrogen) atoms. The van der Waals surface area contributed by atoms with Crippen LogP contribution in [-0.2, 0) is 35.3 Å². The maximum absolute atomic E-state index is 13.5. The van der Waals surface area contributed by atoms with Crippen molar-refractivity contribution in [1.82, 2.24) is 0 Å². The maximum Gasteiger partial charge on any atom is 0.432 e. The number of ether oxygens (including phenoxy) is 2. The molecule has 1 heterocycles. The lowest BCUT2D eigenvalue weighted by atomic mass is 9.49. The molecule has 1 atom stereocenters. The number of carbonyl (C=O) groups excluding carboxylic acids is 2. The van der Waals surface area contributed by atoms with Crippen molar-refractivity contribution in [3.8, 4) is 0 Å². The highest BCUT2D eigenvalue weighted by atomic mass is 32.2. The third kappa shape index (κ3) is 7.91. The van der Waals surface area contributed by atoms with Gasteiger partial charge in [-0.3, -0.25) is 9.59 Å². The summed E-state index contributed by atoms with van der Waals surface area (Å²) in [5, 5.41) is -5.79. The Morgan fingerprint density at radius 1 is 0.896 bits per heavy atom. The number of carbonyl (C=O) groups is 2. The highest BCUT2D eigenvalue weighted by Crippen LogP contribution is 2.60. The van der Waals surface area contributed by atoms with Crippen LogP contribution in [0.1, 0.15) is 106 Å². The van der Waals surface area contributed by atoms with Crippen molar-refractivity contribution in [2.75, 3.05) is 24.7 Å². The first-order chi connectivity index (χ1) is 22.3. The van der Waals surface area contributed by atoms with E-state index in [1.165, 1.54) is 37.7 Å². The molecule has 0 radical (unpaired) electrons. The Balaban J connectivity index is 0.000000188. The Bertz CT molecular complexity index is 1380. The van der Waals surface area contributed by atoms with Crippen molar-refractivity contribution in [2.45, 2.75) is 113 Å². The fraction of sp³-hybridized carbons (Fsp3) is 0.765. The summed E-state index contributed by atoms with van der Waals surface area (Å²) < 4.78 is 107. The van der Waals surface area contributed by atoms with E-state index < -0.39 is 39.0 Å². The number of benzene rings is 1. The van der Waals surface area contributed by atoms with Gasteiger partial charge < -0.3 is 14.0 Å². The van der Waals surface area contributed by atoms with Crippen molar-refractivity contribution in [1.29, 1.82) is 0 Å². The van der Waals surface area contributed by atoms with E-state index >= 15 is 0 Å². The third-order valence-corrected chi connectivity index (χ3v) is 14.9. The Morgan fingerprint density at radius 3 is 1.85 bits per heavy atom. The largest absolute Gasteiger partial charge is 0.743 e. The Labute approximate surface area is 282 Å². The normalized spacial score (nSPS) is 29.1. The molecule has 6 fully saturated rings. The van der Waals surface area contributed by atoms with E-state index in [2.05, 4.69) is 42.8 Å². The Kier molecular flexibility index (Phi) is 11.0. The van der Waals surface area contributed by atoms with Crippen molar-refractivity contribution >= 4 is 32.8 Å². The molecular weight excluding hydrogens is 679 g/mol. The monoisotopic (exact) mass is 724 g/mol. The summed E-state index contributed by atoms with van der Waals surface area (Å²) in [4.78, 5) is 25.4. The van der Waals surface area contributed by atoms with Gasteiger partial charge in [-0.15, -0.1) is 0 Å². The fourth-order valence-corrected chi connectivity index (χ4v) is 11.6. The first-order valence-electron chi connectivity index (χ1n) is 16.8. The number of halogens is 5. The fourth-order valence-electron chi connectivity index (χ4n) is 8.90. The van der Waals surface area contributed by atoms with Crippen LogP contribution in [-0.4, -0.2) is 71.7 Å². The summed E-state index contributed by atoms with van der Waals surface area (Å²) in [6.07, 6.45) is -0.207. The van der Waals surface area contributed by atoms with Crippen LogP contribution in [0.3, 0.4) is 0 Å². The zero-order valence-electron chi connectivity index (χ0n) is 27.4. The van der Waals surface area contributed by atoms with Crippen LogP contribution in [0.25, 0.3) is 0 Å². The van der Waals surface area contributed by atoms with E-state index in [0.717, 1.165) is 49.5 Å². The van der Waals surface area contributed by atoms with E-state index in [-0.39, 0.29) is 52.7 Å². The molecule has 1 saturated heterocycles. The molecular formula is C34H45F5O7S2. The van der Waals surface area contributed by atoms with Gasteiger partial charge in [0.1, 0.15) is 11.5 Å². The molecule has 7 rings (SSSR count). The smallest absolute Gasteiger partial charge is 0.432 e. The van der Waals surface area contributed by atoms with E-state index in [1.54, 1.807) is 0 Å². The van der Waals surface area contributed by atoms with Gasteiger partial charge in [-0.1, -0.05) is 43.5 Å². The zero-order valence-corrected chi connectivity index (χ0v) is 29.0. The van der Waals surface area contributed by atoms with Crippen LogP contribution in [0.2, 0.25) is 0 Å². The van der Waals surface area contributed by atoms with Gasteiger partial charge in [-0.2, -0.15) is 22.0 Å². The van der Waals surface area contributed by atoms with Gasteiger partial charge in [0.05, 0.1) is 18.6 Å². The van der Waals surface area contributed by atoms with E-state index in [0.29, 0.717) is 11.7 Å². The molecule has 0 aromatic heterocycles. The lowest BCUT2D eigenvalue weighted by molar-refractivity contribution is -0.266. The van der Waals surface area contributed by atoms with Gasteiger partial charge in [0.2, 0.25) is 5.78 Å². The van der Waals surface area contributed by atoms with Crippen LogP contribution < -0.4 is 0 Å². The quantitative estimate of drug-likeness (QED) is 0.0921. The molecule has 5 aliphatic carbocycles. The minimum atomic E-state index is -6.67. The highest BCUT2D eigenvalue weighted by molar-refractivity contribution is 7.99. The number of ketones is 1. The predicted molar refractivity (Wildman–Crippen MR) is 170 cm³/mol. The van der Waals surface area contributed by atoms with Crippen LogP contribution >= 0.6 is 0 Å². The average Bonchev–Trinajstić information content (AvgIpc) is 3.02. The van der Waals surface area contributed by atoms with E-state index in [1.807, 2.05) is 0 Å². The molecule has 1 aromatic rings. The lowest BCUT2D eigenvalue weighted by Crippen LogP contribution is -2.56. The summed E-state index contributed by atoms with van der Waals surface area (Å²) in [5.74, 6) is 1.98. The van der Waals surface area contributed by atoms with Crippen LogP contribution in [0.5, 0.6) is 0 Å². The predicted octanol–water partition coefficient (Wildman–Crippen LogP) is 7.16. The minimum Gasteiger partial charge on any atom is -0.743 e. The summed E-state index contributed by atoms with van der Waals surface area (Å²) in [5.41, 5.74) is 1.02. The average molecular weight is 725 g/mol. The molecule has 0 amide bonds. The van der Waals surface area contributed by atoms with E-state index in [9.17, 15) is 44.5 Å². The Morgan fingerprint density at radius 2 is 1.40 bits per heavy atom.